The standard InChI is InChI=1S/C12H11BrN2O4/c1-2-19-12(16)5-8-3-4-11(15(17)18)10(7-14)9(8)6-13/h3-4H,2,5-6H2,1H3. The minimum Gasteiger partial charge on any atom is -0.466 e. The lowest BCUT2D eigenvalue weighted by Gasteiger charge is -2.09. The molecule has 0 aliphatic rings. The highest BCUT2D eigenvalue weighted by molar-refractivity contribution is 9.08. The third-order valence-corrected chi connectivity index (χ3v) is 3.03. The van der Waals surface area contributed by atoms with Gasteiger partial charge in [0.25, 0.3) is 5.69 Å². The molecule has 0 radical (unpaired) electrons. The number of hydrogen-bond donors (Lipinski definition) is 0. The van der Waals surface area contributed by atoms with Gasteiger partial charge in [0.15, 0.2) is 0 Å². The van der Waals surface area contributed by atoms with Crippen molar-refractivity contribution in [3.05, 3.63) is 38.9 Å². The Kier molecular flexibility index (Phi) is 5.45. The van der Waals surface area contributed by atoms with Crippen molar-refractivity contribution in [2.75, 3.05) is 6.61 Å². The predicted octanol–water partition coefficient (Wildman–Crippen LogP) is 2.47. The number of halogens is 1. The lowest BCUT2D eigenvalue weighted by atomic mass is 9.99. The zero-order chi connectivity index (χ0) is 14.4. The zero-order valence-corrected chi connectivity index (χ0v) is 11.8. The SMILES string of the molecule is CCOC(=O)Cc1ccc([N+](=O)[O-])c(C#N)c1CBr. The van der Waals surface area contributed by atoms with Crippen LogP contribution in [0, 0.1) is 21.4 Å². The molecule has 0 spiro atoms. The van der Waals surface area contributed by atoms with Gasteiger partial charge in [-0.25, -0.2) is 0 Å². The topological polar surface area (TPSA) is 93.2 Å². The smallest absolute Gasteiger partial charge is 0.310 e. The van der Waals surface area contributed by atoms with Crippen LogP contribution in [0.15, 0.2) is 12.1 Å². The highest BCUT2D eigenvalue weighted by Crippen LogP contribution is 2.27. The number of nitro groups is 1. The number of carbonyl (C=O) groups is 1. The van der Waals surface area contributed by atoms with E-state index in [2.05, 4.69) is 15.9 Å². The molecular formula is C12H11BrN2O4. The van der Waals surface area contributed by atoms with Crippen LogP contribution in [0.25, 0.3) is 0 Å². The molecule has 0 amide bonds. The Morgan fingerprint density at radius 2 is 2.26 bits per heavy atom. The number of hydrogen-bond acceptors (Lipinski definition) is 5. The Balaban J connectivity index is 3.25. The second-order valence-corrected chi connectivity index (χ2v) is 4.14. The maximum absolute atomic E-state index is 11.4. The minimum atomic E-state index is -0.612. The fourth-order valence-corrected chi connectivity index (χ4v) is 2.28. The molecule has 1 aromatic rings. The number of esters is 1. The molecule has 0 bridgehead atoms. The number of carbonyl (C=O) groups excluding carboxylic acids is 1. The summed E-state index contributed by atoms with van der Waals surface area (Å²) >= 11 is 3.19. The summed E-state index contributed by atoms with van der Waals surface area (Å²) in [7, 11) is 0. The first-order valence-corrected chi connectivity index (χ1v) is 6.58. The summed E-state index contributed by atoms with van der Waals surface area (Å²) in [5.41, 5.74) is 0.718. The molecule has 0 aliphatic heterocycles. The van der Waals surface area contributed by atoms with Crippen molar-refractivity contribution in [1.29, 1.82) is 5.26 Å². The molecule has 0 aliphatic carbocycles. The van der Waals surface area contributed by atoms with Crippen LogP contribution < -0.4 is 0 Å². The van der Waals surface area contributed by atoms with Gasteiger partial charge in [0.2, 0.25) is 0 Å². The molecule has 6 nitrogen and oxygen atoms in total. The van der Waals surface area contributed by atoms with Gasteiger partial charge >= 0.3 is 5.97 Å². The number of ether oxygens (including phenoxy) is 1. The van der Waals surface area contributed by atoms with E-state index in [4.69, 9.17) is 10.00 Å². The van der Waals surface area contributed by atoms with Gasteiger partial charge in [-0.1, -0.05) is 22.0 Å². The van der Waals surface area contributed by atoms with Crippen LogP contribution in [0.1, 0.15) is 23.6 Å². The van der Waals surface area contributed by atoms with Gasteiger partial charge in [-0.05, 0) is 18.1 Å². The molecule has 0 aromatic heterocycles. The second-order valence-electron chi connectivity index (χ2n) is 3.58. The summed E-state index contributed by atoms with van der Waals surface area (Å²) in [6.45, 7) is 1.96. The van der Waals surface area contributed by atoms with Crippen LogP contribution >= 0.6 is 15.9 Å². The summed E-state index contributed by atoms with van der Waals surface area (Å²) in [4.78, 5) is 21.7. The zero-order valence-electron chi connectivity index (χ0n) is 10.2. The molecule has 0 atom stereocenters. The average Bonchev–Trinajstić information content (AvgIpc) is 2.37. The van der Waals surface area contributed by atoms with Gasteiger partial charge < -0.3 is 4.74 Å². The molecule has 19 heavy (non-hydrogen) atoms. The van der Waals surface area contributed by atoms with Crippen molar-refractivity contribution < 1.29 is 14.5 Å². The first-order valence-electron chi connectivity index (χ1n) is 5.45. The van der Waals surface area contributed by atoms with Crippen LogP contribution in [0.2, 0.25) is 0 Å². The van der Waals surface area contributed by atoms with Crippen molar-refractivity contribution in [2.24, 2.45) is 0 Å². The summed E-state index contributed by atoms with van der Waals surface area (Å²) in [5, 5.41) is 20.1. The number of nitrogens with zero attached hydrogens (tertiary/aromatic N) is 2. The van der Waals surface area contributed by atoms with Crippen molar-refractivity contribution in [3.63, 3.8) is 0 Å². The van der Waals surface area contributed by atoms with E-state index in [9.17, 15) is 14.9 Å². The third kappa shape index (κ3) is 3.51. The highest BCUT2D eigenvalue weighted by atomic mass is 79.9. The number of nitro benzene ring substituents is 1. The Labute approximate surface area is 118 Å². The molecule has 1 rings (SSSR count). The summed E-state index contributed by atoms with van der Waals surface area (Å²) < 4.78 is 4.83. The Morgan fingerprint density at radius 1 is 1.58 bits per heavy atom. The van der Waals surface area contributed by atoms with E-state index in [0.717, 1.165) is 0 Å². The van der Waals surface area contributed by atoms with Crippen LogP contribution in [0.5, 0.6) is 0 Å². The number of benzene rings is 1. The Morgan fingerprint density at radius 3 is 2.74 bits per heavy atom. The lowest BCUT2D eigenvalue weighted by molar-refractivity contribution is -0.385. The van der Waals surface area contributed by atoms with Crippen LogP contribution in [-0.2, 0) is 21.3 Å². The normalized spacial score (nSPS) is 9.74. The van der Waals surface area contributed by atoms with E-state index in [-0.39, 0.29) is 29.6 Å². The fraction of sp³-hybridized carbons (Fsp3) is 0.333. The van der Waals surface area contributed by atoms with E-state index >= 15 is 0 Å². The van der Waals surface area contributed by atoms with Crippen LogP contribution in [-0.4, -0.2) is 17.5 Å². The van der Waals surface area contributed by atoms with Crippen LogP contribution in [0.4, 0.5) is 5.69 Å². The molecular weight excluding hydrogens is 316 g/mol. The van der Waals surface area contributed by atoms with Crippen molar-refractivity contribution in [3.8, 4) is 6.07 Å². The second kappa shape index (κ2) is 6.85. The van der Waals surface area contributed by atoms with Gasteiger partial charge in [-0.15, -0.1) is 0 Å². The van der Waals surface area contributed by atoms with Gasteiger partial charge in [0.1, 0.15) is 11.6 Å². The maximum atomic E-state index is 11.4. The largest absolute Gasteiger partial charge is 0.466 e. The molecule has 0 saturated carbocycles. The number of alkyl halides is 1. The Hall–Kier alpha value is -1.94. The van der Waals surface area contributed by atoms with Crippen LogP contribution in [0.3, 0.4) is 0 Å². The molecule has 1 aromatic carbocycles. The Bertz CT molecular complexity index is 551. The van der Waals surface area contributed by atoms with Gasteiger partial charge in [0.05, 0.1) is 18.0 Å². The van der Waals surface area contributed by atoms with E-state index in [1.165, 1.54) is 12.1 Å². The molecule has 7 heteroatoms. The predicted molar refractivity (Wildman–Crippen MR) is 70.8 cm³/mol. The molecule has 0 heterocycles. The third-order valence-electron chi connectivity index (χ3n) is 2.47. The van der Waals surface area contributed by atoms with E-state index in [0.29, 0.717) is 11.1 Å². The van der Waals surface area contributed by atoms with Crippen molar-refractivity contribution in [1.82, 2.24) is 0 Å². The van der Waals surface area contributed by atoms with Gasteiger partial charge in [0, 0.05) is 11.4 Å². The summed E-state index contributed by atoms with van der Waals surface area (Å²) in [5.74, 6) is -0.428. The van der Waals surface area contributed by atoms with E-state index < -0.39 is 10.9 Å². The van der Waals surface area contributed by atoms with E-state index in [1.807, 2.05) is 6.07 Å². The molecule has 0 saturated heterocycles. The van der Waals surface area contributed by atoms with Crippen molar-refractivity contribution in [2.45, 2.75) is 18.7 Å². The first-order chi connectivity index (χ1) is 9.04. The molecule has 0 fully saturated rings. The number of rotatable bonds is 5. The maximum Gasteiger partial charge on any atom is 0.310 e. The van der Waals surface area contributed by atoms with Crippen molar-refractivity contribution >= 4 is 27.6 Å². The number of nitriles is 1. The van der Waals surface area contributed by atoms with Gasteiger partial charge in [-0.3, -0.25) is 14.9 Å². The average molecular weight is 327 g/mol. The van der Waals surface area contributed by atoms with Gasteiger partial charge in [-0.2, -0.15) is 5.26 Å². The van der Waals surface area contributed by atoms with E-state index in [1.54, 1.807) is 6.92 Å². The summed E-state index contributed by atoms with van der Waals surface area (Å²) in [6.07, 6.45) is -0.0125. The molecule has 100 valence electrons. The quantitative estimate of drug-likeness (QED) is 0.358. The fourth-order valence-electron chi connectivity index (χ4n) is 1.64. The first kappa shape index (κ1) is 15.1. The lowest BCUT2D eigenvalue weighted by Crippen LogP contribution is -2.10. The molecule has 0 N–H and O–H groups in total. The monoisotopic (exact) mass is 326 g/mol. The summed E-state index contributed by atoms with van der Waals surface area (Å²) in [6, 6.07) is 4.53. The highest BCUT2D eigenvalue weighted by Gasteiger charge is 2.21. The molecule has 0 unspecified atom stereocenters. The minimum absolute atomic E-state index is 0.0125.